The second-order valence-corrected chi connectivity index (χ2v) is 2.76. The number of hydrogen-bond donors (Lipinski definition) is 0. The number of aryl methyl sites for hydroxylation is 1. The summed E-state index contributed by atoms with van der Waals surface area (Å²) in [4.78, 5) is 19.4. The van der Waals surface area contributed by atoms with Gasteiger partial charge in [0.1, 0.15) is 0 Å². The molecule has 0 N–H and O–H groups in total. The topological polar surface area (TPSA) is 35.5 Å². The maximum atomic E-state index is 10.9. The molecule has 74 valence electrons. The lowest BCUT2D eigenvalue weighted by Gasteiger charge is -1.97. The molecule has 0 aliphatic rings. The number of hydrogen-bond acceptors (Lipinski definition) is 3. The Bertz CT molecular complexity index is 342. The van der Waals surface area contributed by atoms with E-state index >= 15 is 0 Å². The Kier molecular flexibility index (Phi) is 3.88. The van der Waals surface area contributed by atoms with E-state index in [1.165, 1.54) is 13.2 Å². The lowest BCUT2D eigenvalue weighted by molar-refractivity contribution is -0.249. The van der Waals surface area contributed by atoms with Gasteiger partial charge in [-0.25, -0.2) is 4.79 Å². The van der Waals surface area contributed by atoms with Crippen molar-refractivity contribution in [2.45, 2.75) is 6.92 Å². The molecule has 1 aromatic carbocycles. The number of rotatable bonds is 3. The molecule has 0 atom stereocenters. The molecule has 0 saturated heterocycles. The van der Waals surface area contributed by atoms with Gasteiger partial charge in [0.2, 0.25) is 0 Å². The van der Waals surface area contributed by atoms with E-state index in [2.05, 4.69) is 9.78 Å². The number of benzene rings is 1. The predicted molar refractivity (Wildman–Crippen MR) is 53.3 cm³/mol. The maximum absolute atomic E-state index is 10.9. The zero-order valence-corrected chi connectivity index (χ0v) is 8.19. The van der Waals surface area contributed by atoms with Crippen LogP contribution in [-0.2, 0) is 14.6 Å². The molecule has 0 aliphatic carbocycles. The van der Waals surface area contributed by atoms with Crippen LogP contribution < -0.4 is 0 Å². The highest BCUT2D eigenvalue weighted by molar-refractivity contribution is 5.86. The highest BCUT2D eigenvalue weighted by Gasteiger charge is 1.96. The van der Waals surface area contributed by atoms with E-state index in [1.807, 2.05) is 31.2 Å². The molecular weight excluding hydrogens is 180 g/mol. The first-order valence-electron chi connectivity index (χ1n) is 4.22. The largest absolute Gasteiger partial charge is 0.365 e. The normalized spacial score (nSPS) is 10.4. The summed E-state index contributed by atoms with van der Waals surface area (Å²) >= 11 is 0. The van der Waals surface area contributed by atoms with E-state index in [0.717, 1.165) is 11.1 Å². The minimum absolute atomic E-state index is 0.518. The second kappa shape index (κ2) is 5.19. The summed E-state index contributed by atoms with van der Waals surface area (Å²) in [6.07, 6.45) is 3.02. The molecule has 0 bridgehead atoms. The van der Waals surface area contributed by atoms with Crippen LogP contribution >= 0.6 is 0 Å². The Labute approximate surface area is 82.9 Å². The van der Waals surface area contributed by atoms with Crippen molar-refractivity contribution in [3.63, 3.8) is 0 Å². The summed E-state index contributed by atoms with van der Waals surface area (Å²) in [6, 6.07) is 7.75. The number of carbonyl (C=O) groups is 1. The van der Waals surface area contributed by atoms with Crippen LogP contribution in [-0.4, -0.2) is 13.1 Å². The van der Waals surface area contributed by atoms with Gasteiger partial charge in [-0.3, -0.25) is 4.89 Å². The van der Waals surface area contributed by atoms with Crippen LogP contribution in [0.4, 0.5) is 0 Å². The van der Waals surface area contributed by atoms with Crippen molar-refractivity contribution in [2.75, 3.05) is 7.11 Å². The average molecular weight is 192 g/mol. The van der Waals surface area contributed by atoms with Gasteiger partial charge in [0.15, 0.2) is 0 Å². The third kappa shape index (κ3) is 3.03. The first-order chi connectivity index (χ1) is 6.74. The number of carbonyl (C=O) groups excluding carboxylic acids is 1. The molecule has 0 heterocycles. The Morgan fingerprint density at radius 2 is 2.07 bits per heavy atom. The molecule has 1 rings (SSSR count). The lowest BCUT2D eigenvalue weighted by atomic mass is 10.1. The highest BCUT2D eigenvalue weighted by atomic mass is 17.2. The van der Waals surface area contributed by atoms with Gasteiger partial charge in [-0.1, -0.05) is 24.3 Å². The van der Waals surface area contributed by atoms with Crippen molar-refractivity contribution in [1.29, 1.82) is 0 Å². The van der Waals surface area contributed by atoms with E-state index in [1.54, 1.807) is 6.08 Å². The highest BCUT2D eigenvalue weighted by Crippen LogP contribution is 2.08. The Hall–Kier alpha value is -1.61. The zero-order valence-electron chi connectivity index (χ0n) is 8.19. The van der Waals surface area contributed by atoms with Crippen LogP contribution in [0.5, 0.6) is 0 Å². The van der Waals surface area contributed by atoms with Crippen molar-refractivity contribution in [3.8, 4) is 0 Å². The quantitative estimate of drug-likeness (QED) is 0.418. The van der Waals surface area contributed by atoms with E-state index < -0.39 is 5.97 Å². The van der Waals surface area contributed by atoms with Gasteiger partial charge in [0.25, 0.3) is 0 Å². The molecule has 0 radical (unpaired) electrons. The first-order valence-corrected chi connectivity index (χ1v) is 4.22. The maximum Gasteiger partial charge on any atom is 0.365 e. The van der Waals surface area contributed by atoms with E-state index in [4.69, 9.17) is 0 Å². The third-order valence-electron chi connectivity index (χ3n) is 1.75. The van der Waals surface area contributed by atoms with Crippen LogP contribution in [0.3, 0.4) is 0 Å². The van der Waals surface area contributed by atoms with Crippen LogP contribution in [0.25, 0.3) is 6.08 Å². The minimum Gasteiger partial charge on any atom is -0.294 e. The smallest absolute Gasteiger partial charge is 0.294 e. The van der Waals surface area contributed by atoms with Crippen LogP contribution in [0.15, 0.2) is 30.3 Å². The fourth-order valence-corrected chi connectivity index (χ4v) is 1.04. The zero-order chi connectivity index (χ0) is 10.4. The molecule has 0 aliphatic heterocycles. The lowest BCUT2D eigenvalue weighted by Crippen LogP contribution is -1.98. The van der Waals surface area contributed by atoms with E-state index in [9.17, 15) is 4.79 Å². The summed E-state index contributed by atoms with van der Waals surface area (Å²) in [5.74, 6) is -0.518. The molecule has 0 aromatic heterocycles. The second-order valence-electron chi connectivity index (χ2n) is 2.76. The fourth-order valence-electron chi connectivity index (χ4n) is 1.04. The molecule has 0 fully saturated rings. The average Bonchev–Trinajstić information content (AvgIpc) is 2.17. The van der Waals surface area contributed by atoms with Gasteiger partial charge < -0.3 is 0 Å². The van der Waals surface area contributed by atoms with Gasteiger partial charge in [0, 0.05) is 6.08 Å². The Morgan fingerprint density at radius 1 is 1.36 bits per heavy atom. The molecule has 3 heteroatoms. The summed E-state index contributed by atoms with van der Waals surface area (Å²) in [7, 11) is 1.29. The van der Waals surface area contributed by atoms with Crippen LogP contribution in [0, 0.1) is 6.92 Å². The summed E-state index contributed by atoms with van der Waals surface area (Å²) in [5.41, 5.74) is 2.09. The van der Waals surface area contributed by atoms with Crippen LogP contribution in [0.2, 0.25) is 0 Å². The third-order valence-corrected chi connectivity index (χ3v) is 1.75. The summed E-state index contributed by atoms with van der Waals surface area (Å²) in [5, 5.41) is 0. The van der Waals surface area contributed by atoms with E-state index in [-0.39, 0.29) is 0 Å². The standard InChI is InChI=1S/C11H12O3/c1-9-5-3-4-6-10(9)7-8-11(12)14-13-2/h3-8H,1-2H3. The fraction of sp³-hybridized carbons (Fsp3) is 0.182. The molecule has 0 spiro atoms. The molecular formula is C11H12O3. The molecule has 0 saturated carbocycles. The van der Waals surface area contributed by atoms with Crippen molar-refractivity contribution in [3.05, 3.63) is 41.5 Å². The molecule has 1 aromatic rings. The molecule has 0 unspecified atom stereocenters. The molecule has 0 amide bonds. The van der Waals surface area contributed by atoms with Gasteiger partial charge in [-0.2, -0.15) is 4.89 Å². The van der Waals surface area contributed by atoms with Crippen molar-refractivity contribution in [2.24, 2.45) is 0 Å². The summed E-state index contributed by atoms with van der Waals surface area (Å²) < 4.78 is 0. The molecule has 3 nitrogen and oxygen atoms in total. The van der Waals surface area contributed by atoms with Crippen molar-refractivity contribution in [1.82, 2.24) is 0 Å². The SMILES string of the molecule is COOC(=O)C=Cc1ccccc1C. The monoisotopic (exact) mass is 192 g/mol. The Morgan fingerprint density at radius 3 is 2.71 bits per heavy atom. The first kappa shape index (κ1) is 10.5. The molecule has 14 heavy (non-hydrogen) atoms. The van der Waals surface area contributed by atoms with Crippen molar-refractivity contribution >= 4 is 12.0 Å². The predicted octanol–water partition coefficient (Wildman–Crippen LogP) is 2.11. The van der Waals surface area contributed by atoms with Gasteiger partial charge in [-0.05, 0) is 24.1 Å². The van der Waals surface area contributed by atoms with Crippen molar-refractivity contribution < 1.29 is 14.6 Å². The minimum atomic E-state index is -0.518. The van der Waals surface area contributed by atoms with Gasteiger partial charge in [0.05, 0.1) is 7.11 Å². The van der Waals surface area contributed by atoms with Crippen LogP contribution in [0.1, 0.15) is 11.1 Å². The van der Waals surface area contributed by atoms with E-state index in [0.29, 0.717) is 0 Å². The van der Waals surface area contributed by atoms with Gasteiger partial charge in [-0.15, -0.1) is 0 Å². The summed E-state index contributed by atoms with van der Waals surface area (Å²) in [6.45, 7) is 1.97. The van der Waals surface area contributed by atoms with Gasteiger partial charge >= 0.3 is 5.97 Å². The Balaban J connectivity index is 2.69.